The first-order valence-electron chi connectivity index (χ1n) is 6.80. The summed E-state index contributed by atoms with van der Waals surface area (Å²) in [4.78, 5) is 11.4. The van der Waals surface area contributed by atoms with Gasteiger partial charge in [-0.05, 0) is 30.5 Å². The number of ether oxygens (including phenoxy) is 2. The molecule has 0 spiro atoms. The predicted molar refractivity (Wildman–Crippen MR) is 81.1 cm³/mol. The van der Waals surface area contributed by atoms with Gasteiger partial charge in [0.15, 0.2) is 0 Å². The lowest BCUT2D eigenvalue weighted by Gasteiger charge is -2.17. The van der Waals surface area contributed by atoms with Crippen molar-refractivity contribution in [2.24, 2.45) is 5.73 Å². The SMILES string of the molecule is COC(=O)CCc1ccc(OC2CC(N)CC2Br)cc1. The van der Waals surface area contributed by atoms with E-state index in [1.54, 1.807) is 0 Å². The van der Waals surface area contributed by atoms with E-state index < -0.39 is 0 Å². The highest BCUT2D eigenvalue weighted by Gasteiger charge is 2.32. The molecule has 1 aromatic carbocycles. The second-order valence-corrected chi connectivity index (χ2v) is 6.30. The van der Waals surface area contributed by atoms with Crippen LogP contribution in [0.1, 0.15) is 24.8 Å². The van der Waals surface area contributed by atoms with Crippen LogP contribution in [-0.4, -0.2) is 30.1 Å². The minimum atomic E-state index is -0.188. The third kappa shape index (κ3) is 4.21. The number of halogens is 1. The molecule has 3 unspecified atom stereocenters. The molecule has 2 N–H and O–H groups in total. The van der Waals surface area contributed by atoms with Gasteiger partial charge in [0.1, 0.15) is 11.9 Å². The summed E-state index contributed by atoms with van der Waals surface area (Å²) < 4.78 is 10.6. The first kappa shape index (κ1) is 15.3. The van der Waals surface area contributed by atoms with Crippen LogP contribution in [0.4, 0.5) is 0 Å². The zero-order valence-electron chi connectivity index (χ0n) is 11.5. The maximum atomic E-state index is 11.1. The van der Waals surface area contributed by atoms with Crippen molar-refractivity contribution < 1.29 is 14.3 Å². The minimum absolute atomic E-state index is 0.130. The standard InChI is InChI=1S/C15H20BrNO3/c1-19-15(18)7-4-10-2-5-12(6-3-10)20-14-9-11(17)8-13(14)16/h2-3,5-6,11,13-14H,4,7-9,17H2,1H3. The van der Waals surface area contributed by atoms with Crippen molar-refractivity contribution in [3.63, 3.8) is 0 Å². The third-order valence-electron chi connectivity index (χ3n) is 3.52. The van der Waals surface area contributed by atoms with E-state index in [2.05, 4.69) is 20.7 Å². The molecule has 4 nitrogen and oxygen atoms in total. The van der Waals surface area contributed by atoms with E-state index >= 15 is 0 Å². The second-order valence-electron chi connectivity index (χ2n) is 5.12. The molecule has 0 aromatic heterocycles. The minimum Gasteiger partial charge on any atom is -0.489 e. The van der Waals surface area contributed by atoms with Gasteiger partial charge >= 0.3 is 5.97 Å². The van der Waals surface area contributed by atoms with Gasteiger partial charge < -0.3 is 15.2 Å². The highest BCUT2D eigenvalue weighted by atomic mass is 79.9. The molecule has 110 valence electrons. The Labute approximate surface area is 127 Å². The van der Waals surface area contributed by atoms with E-state index in [1.165, 1.54) is 7.11 Å². The summed E-state index contributed by atoms with van der Waals surface area (Å²) >= 11 is 3.61. The number of hydrogen-bond donors (Lipinski definition) is 1. The lowest BCUT2D eigenvalue weighted by molar-refractivity contribution is -0.140. The smallest absolute Gasteiger partial charge is 0.305 e. The summed E-state index contributed by atoms with van der Waals surface area (Å²) in [7, 11) is 1.41. The predicted octanol–water partition coefficient (Wildman–Crippen LogP) is 2.42. The molecule has 0 amide bonds. The van der Waals surface area contributed by atoms with Gasteiger partial charge in [0.05, 0.1) is 11.9 Å². The Morgan fingerprint density at radius 1 is 1.35 bits per heavy atom. The van der Waals surface area contributed by atoms with Crippen LogP contribution in [-0.2, 0) is 16.0 Å². The summed E-state index contributed by atoms with van der Waals surface area (Å²) in [6.45, 7) is 0. The van der Waals surface area contributed by atoms with Crippen molar-refractivity contribution in [1.29, 1.82) is 0 Å². The number of carbonyl (C=O) groups excluding carboxylic acids is 1. The highest BCUT2D eigenvalue weighted by Crippen LogP contribution is 2.29. The summed E-state index contributed by atoms with van der Waals surface area (Å²) in [5.74, 6) is 0.655. The van der Waals surface area contributed by atoms with Gasteiger partial charge in [-0.3, -0.25) is 4.79 Å². The maximum absolute atomic E-state index is 11.1. The zero-order valence-corrected chi connectivity index (χ0v) is 13.1. The van der Waals surface area contributed by atoms with Crippen LogP contribution < -0.4 is 10.5 Å². The van der Waals surface area contributed by atoms with Crippen molar-refractivity contribution >= 4 is 21.9 Å². The third-order valence-corrected chi connectivity index (χ3v) is 4.49. The van der Waals surface area contributed by atoms with Crippen LogP contribution in [0.15, 0.2) is 24.3 Å². The Balaban J connectivity index is 1.87. The number of aryl methyl sites for hydroxylation is 1. The van der Waals surface area contributed by atoms with Crippen LogP contribution in [0, 0.1) is 0 Å². The van der Waals surface area contributed by atoms with Crippen LogP contribution in [0.2, 0.25) is 0 Å². The number of rotatable bonds is 5. The number of methoxy groups -OCH3 is 1. The summed E-state index contributed by atoms with van der Waals surface area (Å²) in [6.07, 6.45) is 3.04. The molecule has 1 aliphatic carbocycles. The quantitative estimate of drug-likeness (QED) is 0.659. The Kier molecular flexibility index (Phi) is 5.43. The van der Waals surface area contributed by atoms with Crippen LogP contribution in [0.3, 0.4) is 0 Å². The normalized spacial score (nSPS) is 25.4. The van der Waals surface area contributed by atoms with E-state index in [0.717, 1.165) is 24.2 Å². The number of esters is 1. The molecule has 0 bridgehead atoms. The number of nitrogens with two attached hydrogens (primary N) is 1. The average Bonchev–Trinajstić information content (AvgIpc) is 2.75. The molecule has 0 saturated heterocycles. The summed E-state index contributed by atoms with van der Waals surface area (Å²) in [5.41, 5.74) is 7.02. The molecule has 1 saturated carbocycles. The van der Waals surface area contributed by atoms with Crippen LogP contribution >= 0.6 is 15.9 Å². The summed E-state index contributed by atoms with van der Waals surface area (Å²) in [5, 5.41) is 0. The van der Waals surface area contributed by atoms with E-state index in [0.29, 0.717) is 17.7 Å². The Morgan fingerprint density at radius 2 is 2.05 bits per heavy atom. The Morgan fingerprint density at radius 3 is 2.60 bits per heavy atom. The Hall–Kier alpha value is -1.07. The number of carbonyl (C=O) groups is 1. The fraction of sp³-hybridized carbons (Fsp3) is 0.533. The highest BCUT2D eigenvalue weighted by molar-refractivity contribution is 9.09. The van der Waals surface area contributed by atoms with Crippen molar-refractivity contribution in [2.45, 2.75) is 42.7 Å². The monoisotopic (exact) mass is 341 g/mol. The second kappa shape index (κ2) is 7.09. The van der Waals surface area contributed by atoms with Gasteiger partial charge in [-0.25, -0.2) is 0 Å². The fourth-order valence-corrected chi connectivity index (χ4v) is 3.17. The lowest BCUT2D eigenvalue weighted by Crippen LogP contribution is -2.22. The first-order valence-corrected chi connectivity index (χ1v) is 7.72. The molecule has 0 heterocycles. The molecular formula is C15H20BrNO3. The molecule has 3 atom stereocenters. The molecule has 20 heavy (non-hydrogen) atoms. The first-order chi connectivity index (χ1) is 9.58. The topological polar surface area (TPSA) is 61.5 Å². The van der Waals surface area contributed by atoms with E-state index in [9.17, 15) is 4.79 Å². The molecule has 1 fully saturated rings. The van der Waals surface area contributed by atoms with Gasteiger partial charge in [0.25, 0.3) is 0 Å². The number of benzene rings is 1. The molecule has 1 aromatic rings. The molecule has 5 heteroatoms. The number of hydrogen-bond acceptors (Lipinski definition) is 4. The molecule has 0 aliphatic heterocycles. The van der Waals surface area contributed by atoms with E-state index in [-0.39, 0.29) is 18.1 Å². The van der Waals surface area contributed by atoms with Crippen molar-refractivity contribution in [2.75, 3.05) is 7.11 Å². The van der Waals surface area contributed by atoms with Gasteiger partial charge in [-0.15, -0.1) is 0 Å². The van der Waals surface area contributed by atoms with Crippen LogP contribution in [0.25, 0.3) is 0 Å². The number of alkyl halides is 1. The van der Waals surface area contributed by atoms with Crippen molar-refractivity contribution in [3.05, 3.63) is 29.8 Å². The largest absolute Gasteiger partial charge is 0.489 e. The van der Waals surface area contributed by atoms with Crippen LogP contribution in [0.5, 0.6) is 5.75 Å². The molecule has 2 rings (SSSR count). The van der Waals surface area contributed by atoms with Crippen molar-refractivity contribution in [3.8, 4) is 5.75 Å². The molecular weight excluding hydrogens is 322 g/mol. The average molecular weight is 342 g/mol. The molecule has 1 aliphatic rings. The van der Waals surface area contributed by atoms with Gasteiger partial charge in [-0.1, -0.05) is 28.1 Å². The van der Waals surface area contributed by atoms with Gasteiger partial charge in [-0.2, -0.15) is 0 Å². The molecule has 0 radical (unpaired) electrons. The van der Waals surface area contributed by atoms with E-state index in [1.807, 2.05) is 24.3 Å². The Bertz CT molecular complexity index is 449. The zero-order chi connectivity index (χ0) is 14.5. The summed E-state index contributed by atoms with van der Waals surface area (Å²) in [6, 6.07) is 8.06. The lowest BCUT2D eigenvalue weighted by atomic mass is 10.1. The van der Waals surface area contributed by atoms with E-state index in [4.69, 9.17) is 10.5 Å². The van der Waals surface area contributed by atoms with Gasteiger partial charge in [0.2, 0.25) is 0 Å². The fourth-order valence-electron chi connectivity index (χ4n) is 2.36. The maximum Gasteiger partial charge on any atom is 0.305 e. The van der Waals surface area contributed by atoms with Gasteiger partial charge in [0, 0.05) is 18.9 Å². The van der Waals surface area contributed by atoms with Crippen molar-refractivity contribution in [1.82, 2.24) is 0 Å².